The highest BCUT2D eigenvalue weighted by Crippen LogP contribution is 2.37. The van der Waals surface area contributed by atoms with Crippen LogP contribution in [0, 0.1) is 0 Å². The molecule has 15 heavy (non-hydrogen) atoms. The van der Waals surface area contributed by atoms with Gasteiger partial charge in [-0.15, -0.1) is 11.8 Å². The fraction of sp³-hybridized carbons (Fsp3) is 0.400. The van der Waals surface area contributed by atoms with Gasteiger partial charge in [0.25, 0.3) is 0 Å². The van der Waals surface area contributed by atoms with Crippen LogP contribution in [-0.4, -0.2) is 10.9 Å². The molecule has 84 valence electrons. The molecule has 0 spiro atoms. The summed E-state index contributed by atoms with van der Waals surface area (Å²) in [7, 11) is 0. The van der Waals surface area contributed by atoms with Crippen molar-refractivity contribution in [2.75, 3.05) is 5.75 Å². The van der Waals surface area contributed by atoms with Crippen LogP contribution in [0.25, 0.3) is 0 Å². The van der Waals surface area contributed by atoms with Crippen molar-refractivity contribution in [2.24, 2.45) is 0 Å². The molecule has 0 aliphatic carbocycles. The summed E-state index contributed by atoms with van der Waals surface area (Å²) in [5, 5.41) is 8.77. The Kier molecular flexibility index (Phi) is 4.04. The summed E-state index contributed by atoms with van der Waals surface area (Å²) in [5.74, 6) is 0.585. The van der Waals surface area contributed by atoms with Crippen molar-refractivity contribution >= 4 is 11.8 Å². The van der Waals surface area contributed by atoms with Gasteiger partial charge in [0.05, 0.1) is 12.2 Å². The van der Waals surface area contributed by atoms with E-state index in [9.17, 15) is 13.2 Å². The van der Waals surface area contributed by atoms with Crippen LogP contribution >= 0.6 is 11.8 Å². The first kappa shape index (κ1) is 12.4. The van der Waals surface area contributed by atoms with Crippen molar-refractivity contribution < 1.29 is 18.3 Å². The molecule has 0 saturated heterocycles. The van der Waals surface area contributed by atoms with Crippen molar-refractivity contribution in [1.29, 1.82) is 0 Å². The van der Waals surface area contributed by atoms with Crippen LogP contribution in [0.1, 0.15) is 18.1 Å². The number of aliphatic hydroxyl groups is 1. The first-order chi connectivity index (χ1) is 6.99. The smallest absolute Gasteiger partial charge is 0.392 e. The Balaban J connectivity index is 3.16. The van der Waals surface area contributed by atoms with Crippen LogP contribution in [0.3, 0.4) is 0 Å². The molecule has 0 bridgehead atoms. The average Bonchev–Trinajstić information content (AvgIpc) is 2.17. The molecule has 0 heterocycles. The van der Waals surface area contributed by atoms with Crippen LogP contribution in [-0.2, 0) is 12.8 Å². The van der Waals surface area contributed by atoms with Crippen LogP contribution in [0.2, 0.25) is 0 Å². The molecule has 0 atom stereocenters. The maximum Gasteiger partial charge on any atom is 0.417 e. The lowest BCUT2D eigenvalue weighted by Crippen LogP contribution is -2.07. The first-order valence-corrected chi connectivity index (χ1v) is 5.41. The lowest BCUT2D eigenvalue weighted by atomic mass is 10.1. The third-order valence-electron chi connectivity index (χ3n) is 1.83. The van der Waals surface area contributed by atoms with Crippen molar-refractivity contribution in [3.8, 4) is 0 Å². The Morgan fingerprint density at radius 3 is 2.47 bits per heavy atom. The van der Waals surface area contributed by atoms with Crippen molar-refractivity contribution in [2.45, 2.75) is 24.6 Å². The van der Waals surface area contributed by atoms with Gasteiger partial charge in [-0.1, -0.05) is 13.0 Å². The molecular formula is C10H11F3OS. The second-order valence-electron chi connectivity index (χ2n) is 2.92. The maximum atomic E-state index is 12.6. The Bertz CT molecular complexity index is 336. The minimum atomic E-state index is -4.36. The third-order valence-corrected chi connectivity index (χ3v) is 2.79. The fourth-order valence-electron chi connectivity index (χ4n) is 1.18. The zero-order chi connectivity index (χ0) is 11.5. The first-order valence-electron chi connectivity index (χ1n) is 4.42. The van der Waals surface area contributed by atoms with Crippen molar-refractivity contribution in [3.63, 3.8) is 0 Å². The van der Waals surface area contributed by atoms with Gasteiger partial charge in [0.15, 0.2) is 0 Å². The molecule has 1 aromatic carbocycles. The van der Waals surface area contributed by atoms with Crippen LogP contribution < -0.4 is 0 Å². The molecule has 0 fully saturated rings. The van der Waals surface area contributed by atoms with E-state index < -0.39 is 11.7 Å². The van der Waals surface area contributed by atoms with Crippen molar-refractivity contribution in [1.82, 2.24) is 0 Å². The van der Waals surface area contributed by atoms with Gasteiger partial charge in [-0.25, -0.2) is 0 Å². The summed E-state index contributed by atoms with van der Waals surface area (Å²) in [5.41, 5.74) is -0.385. The number of hydrogen-bond donors (Lipinski definition) is 1. The number of alkyl halides is 3. The molecule has 0 saturated carbocycles. The summed E-state index contributed by atoms with van der Waals surface area (Å²) in [6.45, 7) is 1.42. The highest BCUT2D eigenvalue weighted by Gasteiger charge is 2.33. The summed E-state index contributed by atoms with van der Waals surface area (Å²) in [4.78, 5) is 0.210. The topological polar surface area (TPSA) is 20.2 Å². The summed E-state index contributed by atoms with van der Waals surface area (Å²) < 4.78 is 37.8. The minimum Gasteiger partial charge on any atom is -0.392 e. The Labute approximate surface area is 90.3 Å². The van der Waals surface area contributed by atoms with Crippen LogP contribution in [0.15, 0.2) is 23.1 Å². The molecule has 1 N–H and O–H groups in total. The maximum absolute atomic E-state index is 12.6. The third kappa shape index (κ3) is 3.14. The Morgan fingerprint density at radius 2 is 2.00 bits per heavy atom. The summed E-state index contributed by atoms with van der Waals surface area (Å²) in [6, 6.07) is 3.91. The molecule has 0 unspecified atom stereocenters. The van der Waals surface area contributed by atoms with Gasteiger partial charge in [0.2, 0.25) is 0 Å². The quantitative estimate of drug-likeness (QED) is 0.812. The minimum absolute atomic E-state index is 0.210. The largest absolute Gasteiger partial charge is 0.417 e. The van der Waals surface area contributed by atoms with E-state index in [4.69, 9.17) is 5.11 Å². The molecule has 1 rings (SSSR count). The fourth-order valence-corrected chi connectivity index (χ4v) is 1.98. The zero-order valence-corrected chi connectivity index (χ0v) is 8.95. The molecule has 0 aromatic heterocycles. The predicted molar refractivity (Wildman–Crippen MR) is 53.8 cm³/mol. The normalized spacial score (nSPS) is 11.8. The van der Waals surface area contributed by atoms with Gasteiger partial charge in [-0.2, -0.15) is 13.2 Å². The van der Waals surface area contributed by atoms with E-state index in [0.29, 0.717) is 5.75 Å². The van der Waals surface area contributed by atoms with Gasteiger partial charge >= 0.3 is 6.18 Å². The molecule has 0 amide bonds. The molecular weight excluding hydrogens is 225 g/mol. The Hall–Kier alpha value is -0.680. The number of thioether (sulfide) groups is 1. The SMILES string of the molecule is CCSc1ccc(CO)cc1C(F)(F)F. The van der Waals surface area contributed by atoms with Crippen LogP contribution in [0.5, 0.6) is 0 Å². The number of benzene rings is 1. The molecule has 0 radical (unpaired) electrons. The van der Waals surface area contributed by atoms with Gasteiger partial charge in [0, 0.05) is 4.90 Å². The van der Waals surface area contributed by atoms with E-state index in [-0.39, 0.29) is 17.1 Å². The summed E-state index contributed by atoms with van der Waals surface area (Å²) in [6.07, 6.45) is -4.36. The lowest BCUT2D eigenvalue weighted by Gasteiger charge is -2.12. The van der Waals surface area contributed by atoms with E-state index in [2.05, 4.69) is 0 Å². The molecule has 0 aliphatic heterocycles. The second kappa shape index (κ2) is 4.90. The predicted octanol–water partition coefficient (Wildman–Crippen LogP) is 3.31. The van der Waals surface area contributed by atoms with E-state index in [0.717, 1.165) is 17.8 Å². The number of aliphatic hydroxyl groups excluding tert-OH is 1. The second-order valence-corrected chi connectivity index (χ2v) is 4.23. The lowest BCUT2D eigenvalue weighted by molar-refractivity contribution is -0.139. The van der Waals surface area contributed by atoms with E-state index in [1.165, 1.54) is 12.1 Å². The van der Waals surface area contributed by atoms with Gasteiger partial charge in [0.1, 0.15) is 0 Å². The molecule has 1 aromatic rings. The highest BCUT2D eigenvalue weighted by atomic mass is 32.2. The van der Waals surface area contributed by atoms with Crippen LogP contribution in [0.4, 0.5) is 13.2 Å². The molecule has 1 nitrogen and oxygen atoms in total. The monoisotopic (exact) mass is 236 g/mol. The zero-order valence-electron chi connectivity index (χ0n) is 8.14. The van der Waals surface area contributed by atoms with Gasteiger partial charge < -0.3 is 5.11 Å². The molecule has 5 heteroatoms. The van der Waals surface area contributed by atoms with E-state index >= 15 is 0 Å². The summed E-state index contributed by atoms with van der Waals surface area (Å²) >= 11 is 1.15. The van der Waals surface area contributed by atoms with E-state index in [1.807, 2.05) is 0 Å². The molecule has 0 aliphatic rings. The highest BCUT2D eigenvalue weighted by molar-refractivity contribution is 7.99. The van der Waals surface area contributed by atoms with Gasteiger partial charge in [-0.05, 0) is 23.4 Å². The standard InChI is InChI=1S/C10H11F3OS/c1-2-15-9-4-3-7(6-14)5-8(9)10(11,12)13/h3-5,14H,2,6H2,1H3. The van der Waals surface area contributed by atoms with E-state index in [1.54, 1.807) is 6.92 Å². The Morgan fingerprint density at radius 1 is 1.33 bits per heavy atom. The number of hydrogen-bond acceptors (Lipinski definition) is 2. The average molecular weight is 236 g/mol. The van der Waals surface area contributed by atoms with Gasteiger partial charge in [-0.3, -0.25) is 0 Å². The number of rotatable bonds is 3. The van der Waals surface area contributed by atoms with Crippen molar-refractivity contribution in [3.05, 3.63) is 29.3 Å². The number of halogens is 3.